The van der Waals surface area contributed by atoms with Crippen molar-refractivity contribution in [2.75, 3.05) is 0 Å². The lowest BCUT2D eigenvalue weighted by Crippen LogP contribution is -2.54. The zero-order chi connectivity index (χ0) is 28.3. The van der Waals surface area contributed by atoms with Crippen molar-refractivity contribution in [2.24, 2.45) is 0 Å². The number of alkyl halides is 6. The second kappa shape index (κ2) is 9.14. The van der Waals surface area contributed by atoms with Gasteiger partial charge in [-0.2, -0.15) is 26.3 Å². The highest BCUT2D eigenvalue weighted by Crippen LogP contribution is 2.56. The maximum Gasteiger partial charge on any atom is 0.411 e. The average molecular weight is 547 g/mol. The van der Waals surface area contributed by atoms with E-state index in [-0.39, 0.29) is 45.8 Å². The third kappa shape index (κ3) is 4.35. The van der Waals surface area contributed by atoms with Crippen LogP contribution in [0.5, 0.6) is 0 Å². The molecular formula is C29H24F6N2O2. The van der Waals surface area contributed by atoms with Gasteiger partial charge >= 0.3 is 12.4 Å². The first-order valence-corrected chi connectivity index (χ1v) is 12.3. The van der Waals surface area contributed by atoms with E-state index in [0.717, 1.165) is 42.0 Å². The predicted molar refractivity (Wildman–Crippen MR) is 135 cm³/mol. The smallest absolute Gasteiger partial charge is 0.411 e. The van der Waals surface area contributed by atoms with Crippen LogP contribution in [0.2, 0.25) is 0 Å². The molecule has 2 aromatic heterocycles. The van der Waals surface area contributed by atoms with Crippen LogP contribution in [0.15, 0.2) is 69.5 Å². The topological polar surface area (TPSA) is 52.1 Å². The quantitative estimate of drug-likeness (QED) is 0.206. The number of halogens is 6. The molecule has 0 spiro atoms. The van der Waals surface area contributed by atoms with E-state index < -0.39 is 28.9 Å². The van der Waals surface area contributed by atoms with E-state index >= 15 is 0 Å². The molecule has 0 bridgehead atoms. The molecule has 39 heavy (non-hydrogen) atoms. The van der Waals surface area contributed by atoms with E-state index in [0.29, 0.717) is 5.56 Å². The molecule has 0 radical (unpaired) electrons. The highest BCUT2D eigenvalue weighted by atomic mass is 19.4. The summed E-state index contributed by atoms with van der Waals surface area (Å²) in [6.45, 7) is 7.54. The standard InChI is InChI=1S/C29H24F6N2O2/c1-15(2)17-5-7-18(8-6-17)26-37-22-14-20(10-12-24(22)39-26)27(28(30,31)32,29(33,34)35)19-9-11-23-21(13-19)36-25(38-23)16(3)4/h5-16H,1-4H3. The van der Waals surface area contributed by atoms with E-state index in [9.17, 15) is 26.3 Å². The van der Waals surface area contributed by atoms with Crippen LogP contribution in [0.3, 0.4) is 0 Å². The monoisotopic (exact) mass is 546 g/mol. The zero-order valence-electron chi connectivity index (χ0n) is 21.4. The fourth-order valence-corrected chi connectivity index (χ4v) is 4.70. The van der Waals surface area contributed by atoms with E-state index in [4.69, 9.17) is 8.83 Å². The SMILES string of the molecule is CC(C)c1ccc(-c2nc3cc(C(c4ccc5oc(C(C)C)nc5c4)(C(F)(F)F)C(F)(F)F)ccc3o2)cc1. The van der Waals surface area contributed by atoms with Crippen molar-refractivity contribution in [3.63, 3.8) is 0 Å². The molecule has 204 valence electrons. The highest BCUT2D eigenvalue weighted by molar-refractivity contribution is 5.79. The van der Waals surface area contributed by atoms with Gasteiger partial charge in [0.25, 0.3) is 0 Å². The summed E-state index contributed by atoms with van der Waals surface area (Å²) in [6, 6.07) is 12.5. The molecule has 0 saturated carbocycles. The number of fused-ring (bicyclic) bond motifs is 2. The van der Waals surface area contributed by atoms with E-state index in [1.54, 1.807) is 26.0 Å². The Balaban J connectivity index is 1.70. The zero-order valence-corrected chi connectivity index (χ0v) is 21.4. The summed E-state index contributed by atoms with van der Waals surface area (Å²) in [6.07, 6.45) is -11.5. The second-order valence-electron chi connectivity index (χ2n) is 10.1. The number of nitrogens with zero attached hydrogens (tertiary/aromatic N) is 2. The molecule has 4 nitrogen and oxygen atoms in total. The van der Waals surface area contributed by atoms with Crippen molar-refractivity contribution in [1.82, 2.24) is 9.97 Å². The van der Waals surface area contributed by atoms with E-state index in [1.807, 2.05) is 26.0 Å². The minimum atomic E-state index is -5.75. The van der Waals surface area contributed by atoms with Gasteiger partial charge in [-0.15, -0.1) is 0 Å². The summed E-state index contributed by atoms with van der Waals surface area (Å²) < 4.78 is 99.6. The van der Waals surface area contributed by atoms with Gasteiger partial charge in [-0.1, -0.05) is 52.0 Å². The number of hydrogen-bond donors (Lipinski definition) is 0. The lowest BCUT2D eigenvalue weighted by atomic mass is 9.72. The van der Waals surface area contributed by atoms with Gasteiger partial charge in [-0.25, -0.2) is 9.97 Å². The maximum atomic E-state index is 14.7. The van der Waals surface area contributed by atoms with Gasteiger partial charge < -0.3 is 8.83 Å². The minimum Gasteiger partial charge on any atom is -0.440 e. The third-order valence-corrected chi connectivity index (χ3v) is 6.83. The lowest BCUT2D eigenvalue weighted by molar-refractivity contribution is -0.288. The minimum absolute atomic E-state index is 0.0634. The summed E-state index contributed by atoms with van der Waals surface area (Å²) in [4.78, 5) is 8.35. The molecule has 5 rings (SSSR count). The van der Waals surface area contributed by atoms with Gasteiger partial charge in [0.1, 0.15) is 11.0 Å². The summed E-state index contributed by atoms with van der Waals surface area (Å²) in [7, 11) is 0. The van der Waals surface area contributed by atoms with Crippen molar-refractivity contribution < 1.29 is 35.2 Å². The van der Waals surface area contributed by atoms with Gasteiger partial charge in [-0.3, -0.25) is 0 Å². The van der Waals surface area contributed by atoms with Crippen LogP contribution >= 0.6 is 0 Å². The Morgan fingerprint density at radius 2 is 1.13 bits per heavy atom. The van der Waals surface area contributed by atoms with Gasteiger partial charge in [-0.05, 0) is 59.0 Å². The molecule has 0 fully saturated rings. The van der Waals surface area contributed by atoms with Gasteiger partial charge in [0.15, 0.2) is 17.1 Å². The van der Waals surface area contributed by atoms with Crippen molar-refractivity contribution in [2.45, 2.75) is 57.3 Å². The maximum absolute atomic E-state index is 14.7. The molecule has 0 N–H and O–H groups in total. The Kier molecular flexibility index (Phi) is 6.27. The molecule has 0 saturated heterocycles. The Hall–Kier alpha value is -3.82. The first-order valence-electron chi connectivity index (χ1n) is 12.3. The fraction of sp³-hybridized carbons (Fsp3) is 0.310. The molecule has 10 heteroatoms. The molecule has 0 aliphatic heterocycles. The van der Waals surface area contributed by atoms with E-state index in [1.165, 1.54) is 0 Å². The van der Waals surface area contributed by atoms with Crippen LogP contribution in [0.1, 0.15) is 62.1 Å². The highest BCUT2D eigenvalue weighted by Gasteiger charge is 2.72. The number of hydrogen-bond acceptors (Lipinski definition) is 4. The lowest BCUT2D eigenvalue weighted by Gasteiger charge is -2.38. The van der Waals surface area contributed by atoms with Crippen LogP contribution in [0.25, 0.3) is 33.7 Å². The summed E-state index contributed by atoms with van der Waals surface area (Å²) in [5, 5.41) is 0. The summed E-state index contributed by atoms with van der Waals surface area (Å²) in [5.74, 6) is 0.370. The van der Waals surface area contributed by atoms with Crippen molar-refractivity contribution in [3.05, 3.63) is 83.2 Å². The average Bonchev–Trinajstić information content (AvgIpc) is 3.46. The molecule has 0 atom stereocenters. The first kappa shape index (κ1) is 26.8. The second-order valence-corrected chi connectivity index (χ2v) is 10.1. The molecule has 0 aliphatic carbocycles. The first-order chi connectivity index (χ1) is 18.2. The summed E-state index contributed by atoms with van der Waals surface area (Å²) >= 11 is 0. The predicted octanol–water partition coefficient (Wildman–Crippen LogP) is 9.29. The molecule has 3 aromatic carbocycles. The number of rotatable bonds is 5. The largest absolute Gasteiger partial charge is 0.440 e. The molecule has 0 unspecified atom stereocenters. The molecule has 5 aromatic rings. The van der Waals surface area contributed by atoms with Crippen molar-refractivity contribution in [1.29, 1.82) is 0 Å². The van der Waals surface area contributed by atoms with Gasteiger partial charge in [0, 0.05) is 11.5 Å². The Morgan fingerprint density at radius 1 is 0.615 bits per heavy atom. The van der Waals surface area contributed by atoms with E-state index in [2.05, 4.69) is 9.97 Å². The molecular weight excluding hydrogens is 522 g/mol. The van der Waals surface area contributed by atoms with Gasteiger partial charge in [0.05, 0.1) is 0 Å². The van der Waals surface area contributed by atoms with Crippen LogP contribution < -0.4 is 0 Å². The summed E-state index contributed by atoms with van der Waals surface area (Å²) in [5.41, 5.74) is -4.86. The molecule has 2 heterocycles. The van der Waals surface area contributed by atoms with Crippen molar-refractivity contribution in [3.8, 4) is 11.5 Å². The Morgan fingerprint density at radius 3 is 1.62 bits per heavy atom. The molecule has 0 amide bonds. The Bertz CT molecular complexity index is 1630. The van der Waals surface area contributed by atoms with Crippen LogP contribution in [0, 0.1) is 0 Å². The van der Waals surface area contributed by atoms with Crippen molar-refractivity contribution >= 4 is 22.2 Å². The number of benzene rings is 3. The Labute approximate surface area is 219 Å². The van der Waals surface area contributed by atoms with Gasteiger partial charge in [0.2, 0.25) is 11.3 Å². The van der Waals surface area contributed by atoms with Crippen LogP contribution in [-0.2, 0) is 5.41 Å². The number of aromatic nitrogens is 2. The number of oxazole rings is 2. The normalized spacial score (nSPS) is 13.3. The van der Waals surface area contributed by atoms with Crippen LogP contribution in [-0.4, -0.2) is 22.3 Å². The van der Waals surface area contributed by atoms with Crippen LogP contribution in [0.4, 0.5) is 26.3 Å². The third-order valence-electron chi connectivity index (χ3n) is 6.83. The fourth-order valence-electron chi connectivity index (χ4n) is 4.70. The molecule has 0 aliphatic rings.